The summed E-state index contributed by atoms with van der Waals surface area (Å²) < 4.78 is 1.58. The molecule has 1 aliphatic carbocycles. The Labute approximate surface area is 151 Å². The number of ketones is 1. The molecule has 0 unspecified atom stereocenters. The van der Waals surface area contributed by atoms with Crippen molar-refractivity contribution in [3.05, 3.63) is 52.1 Å². The minimum absolute atomic E-state index is 0.0243. The normalized spacial score (nSPS) is 15.8. The summed E-state index contributed by atoms with van der Waals surface area (Å²) >= 11 is 0. The zero-order chi connectivity index (χ0) is 18.7. The van der Waals surface area contributed by atoms with Crippen molar-refractivity contribution < 1.29 is 14.8 Å². The highest BCUT2D eigenvalue weighted by Gasteiger charge is 2.35. The number of aryl methyl sites for hydroxylation is 1. The Bertz CT molecular complexity index is 824. The fourth-order valence-corrected chi connectivity index (χ4v) is 3.63. The predicted octanol–water partition coefficient (Wildman–Crippen LogP) is 2.67. The summed E-state index contributed by atoms with van der Waals surface area (Å²) in [6.45, 7) is 0.0243. The molecular formula is C18H22N4O4. The van der Waals surface area contributed by atoms with Gasteiger partial charge < -0.3 is 15.0 Å². The molecule has 2 N–H and O–H groups in total. The summed E-state index contributed by atoms with van der Waals surface area (Å²) in [5.74, 6) is -0.134. The number of nitrogens with zero attached hydrogens (tertiary/aromatic N) is 3. The topological polar surface area (TPSA) is 110 Å². The first kappa shape index (κ1) is 18.1. The summed E-state index contributed by atoms with van der Waals surface area (Å²) in [4.78, 5) is 27.7. The molecule has 138 valence electrons. The summed E-state index contributed by atoms with van der Waals surface area (Å²) in [5, 5.41) is 24.2. The molecule has 8 nitrogen and oxygen atoms in total. The third kappa shape index (κ3) is 3.45. The van der Waals surface area contributed by atoms with Crippen LogP contribution in [-0.4, -0.2) is 37.5 Å². The molecule has 1 heterocycles. The fourth-order valence-electron chi connectivity index (χ4n) is 3.63. The number of anilines is 1. The van der Waals surface area contributed by atoms with Crippen molar-refractivity contribution in [3.8, 4) is 0 Å². The van der Waals surface area contributed by atoms with Crippen LogP contribution >= 0.6 is 0 Å². The molecule has 0 saturated heterocycles. The molecule has 0 radical (unpaired) electrons. The Balaban J connectivity index is 1.94. The van der Waals surface area contributed by atoms with Crippen LogP contribution in [0, 0.1) is 10.1 Å². The van der Waals surface area contributed by atoms with Crippen LogP contribution in [-0.2, 0) is 7.05 Å². The lowest BCUT2D eigenvalue weighted by molar-refractivity contribution is -0.384. The van der Waals surface area contributed by atoms with E-state index in [9.17, 15) is 20.0 Å². The van der Waals surface area contributed by atoms with Gasteiger partial charge in [-0.15, -0.1) is 0 Å². The van der Waals surface area contributed by atoms with Gasteiger partial charge in [0.15, 0.2) is 5.82 Å². The zero-order valence-corrected chi connectivity index (χ0v) is 14.6. The third-order valence-electron chi connectivity index (χ3n) is 5.03. The summed E-state index contributed by atoms with van der Waals surface area (Å²) in [6, 6.07) is 4.45. The van der Waals surface area contributed by atoms with Crippen molar-refractivity contribution in [2.75, 3.05) is 11.9 Å². The number of aromatic nitrogens is 2. The molecule has 0 bridgehead atoms. The van der Waals surface area contributed by atoms with Gasteiger partial charge in [0.2, 0.25) is 5.78 Å². The van der Waals surface area contributed by atoms with Crippen LogP contribution in [0.4, 0.5) is 11.4 Å². The van der Waals surface area contributed by atoms with Gasteiger partial charge in [-0.05, 0) is 31.4 Å². The molecule has 0 amide bonds. The predicted molar refractivity (Wildman–Crippen MR) is 96.3 cm³/mol. The van der Waals surface area contributed by atoms with Gasteiger partial charge in [0.25, 0.3) is 5.69 Å². The Kier molecular flexibility index (Phi) is 5.03. The van der Waals surface area contributed by atoms with E-state index in [1.807, 2.05) is 0 Å². The highest BCUT2D eigenvalue weighted by atomic mass is 16.6. The number of aliphatic hydroxyl groups is 1. The van der Waals surface area contributed by atoms with E-state index in [1.165, 1.54) is 12.3 Å². The number of nitrogens with one attached hydrogen (secondary N) is 1. The molecule has 26 heavy (non-hydrogen) atoms. The number of carbonyl (C=O) groups is 1. The lowest BCUT2D eigenvalue weighted by Crippen LogP contribution is -2.36. The van der Waals surface area contributed by atoms with Gasteiger partial charge >= 0.3 is 0 Å². The molecule has 8 heteroatoms. The highest BCUT2D eigenvalue weighted by Crippen LogP contribution is 2.38. The number of rotatable bonds is 7. The average molecular weight is 358 g/mol. The Hall–Kier alpha value is -2.74. The maximum Gasteiger partial charge on any atom is 0.293 e. The van der Waals surface area contributed by atoms with Crippen molar-refractivity contribution >= 4 is 17.2 Å². The maximum absolute atomic E-state index is 12.6. The van der Waals surface area contributed by atoms with E-state index in [0.717, 1.165) is 25.7 Å². The molecule has 1 aromatic carbocycles. The van der Waals surface area contributed by atoms with Crippen LogP contribution in [0.1, 0.15) is 48.3 Å². The summed E-state index contributed by atoms with van der Waals surface area (Å²) in [7, 11) is 1.70. The molecule has 1 fully saturated rings. The van der Waals surface area contributed by atoms with Crippen molar-refractivity contribution in [1.82, 2.24) is 9.55 Å². The van der Waals surface area contributed by atoms with Crippen molar-refractivity contribution in [2.24, 2.45) is 7.05 Å². The second-order valence-corrected chi connectivity index (χ2v) is 6.77. The Morgan fingerprint density at radius 3 is 2.73 bits per heavy atom. The molecule has 3 rings (SSSR count). The molecule has 0 atom stereocenters. The van der Waals surface area contributed by atoms with Gasteiger partial charge in [-0.3, -0.25) is 14.9 Å². The molecule has 1 aliphatic rings. The first-order valence-electron chi connectivity index (χ1n) is 8.65. The molecule has 1 saturated carbocycles. The Morgan fingerprint density at radius 1 is 1.42 bits per heavy atom. The smallest absolute Gasteiger partial charge is 0.293 e. The van der Waals surface area contributed by atoms with Crippen LogP contribution in [0.25, 0.3) is 0 Å². The number of hydrogen-bond acceptors (Lipinski definition) is 6. The molecule has 0 spiro atoms. The third-order valence-corrected chi connectivity index (χ3v) is 5.03. The number of nitro groups is 1. The van der Waals surface area contributed by atoms with E-state index in [2.05, 4.69) is 10.3 Å². The number of hydrogen-bond donors (Lipinski definition) is 2. The first-order valence-corrected chi connectivity index (χ1v) is 8.65. The van der Waals surface area contributed by atoms with E-state index in [-0.39, 0.29) is 35.0 Å². The second-order valence-electron chi connectivity index (χ2n) is 6.77. The Morgan fingerprint density at radius 2 is 2.15 bits per heavy atom. The van der Waals surface area contributed by atoms with Crippen LogP contribution < -0.4 is 5.32 Å². The maximum atomic E-state index is 12.6. The monoisotopic (exact) mass is 358 g/mol. The highest BCUT2D eigenvalue weighted by molar-refractivity contribution is 6.07. The molecular weight excluding hydrogens is 336 g/mol. The average Bonchev–Trinajstić information content (AvgIpc) is 3.24. The van der Waals surface area contributed by atoms with Crippen LogP contribution in [0.15, 0.2) is 30.6 Å². The standard InChI is InChI=1S/C18H22N4O4/c1-21-10-9-19-17(21)16(24)13-4-5-14(15(12-13)22(25)26)20-18(8-11-23)6-2-3-7-18/h4-5,9-10,12,20,23H,2-3,6-8,11H2,1H3. The quantitative estimate of drug-likeness (QED) is 0.447. The van der Waals surface area contributed by atoms with Crippen LogP contribution in [0.2, 0.25) is 0 Å². The lowest BCUT2D eigenvalue weighted by Gasteiger charge is -2.30. The minimum atomic E-state index is -0.487. The number of aliphatic hydroxyl groups excluding tert-OH is 1. The summed E-state index contributed by atoms with van der Waals surface area (Å²) in [6.07, 6.45) is 7.47. The second kappa shape index (κ2) is 7.25. The SMILES string of the molecule is Cn1ccnc1C(=O)c1ccc(NC2(CCO)CCCC2)c([N+](=O)[O-])c1. The number of nitro benzene ring substituents is 1. The molecule has 1 aromatic heterocycles. The van der Waals surface area contributed by atoms with Crippen molar-refractivity contribution in [1.29, 1.82) is 0 Å². The minimum Gasteiger partial charge on any atom is -0.396 e. The van der Waals surface area contributed by atoms with Gasteiger partial charge in [0, 0.05) is 43.2 Å². The van der Waals surface area contributed by atoms with Gasteiger partial charge in [-0.1, -0.05) is 12.8 Å². The summed E-state index contributed by atoms with van der Waals surface area (Å²) in [5.41, 5.74) is 0.125. The van der Waals surface area contributed by atoms with Gasteiger partial charge in [-0.2, -0.15) is 0 Å². The zero-order valence-electron chi connectivity index (χ0n) is 14.6. The van der Waals surface area contributed by atoms with Gasteiger partial charge in [0.05, 0.1) is 4.92 Å². The molecule has 0 aliphatic heterocycles. The first-order chi connectivity index (χ1) is 12.5. The van der Waals surface area contributed by atoms with Gasteiger partial charge in [-0.25, -0.2) is 4.98 Å². The van der Waals surface area contributed by atoms with Crippen LogP contribution in [0.3, 0.4) is 0 Å². The van der Waals surface area contributed by atoms with Crippen molar-refractivity contribution in [2.45, 2.75) is 37.6 Å². The van der Waals surface area contributed by atoms with Crippen LogP contribution in [0.5, 0.6) is 0 Å². The van der Waals surface area contributed by atoms with Gasteiger partial charge in [0.1, 0.15) is 5.69 Å². The van der Waals surface area contributed by atoms with E-state index >= 15 is 0 Å². The lowest BCUT2D eigenvalue weighted by atomic mass is 9.93. The number of carbonyl (C=O) groups excluding carboxylic acids is 1. The van der Waals surface area contributed by atoms with Crippen molar-refractivity contribution in [3.63, 3.8) is 0 Å². The fraction of sp³-hybridized carbons (Fsp3) is 0.444. The van der Waals surface area contributed by atoms with E-state index < -0.39 is 4.92 Å². The van der Waals surface area contributed by atoms with E-state index in [1.54, 1.807) is 29.9 Å². The van der Waals surface area contributed by atoms with E-state index in [4.69, 9.17) is 0 Å². The van der Waals surface area contributed by atoms with E-state index in [0.29, 0.717) is 12.1 Å². The largest absolute Gasteiger partial charge is 0.396 e. The molecule has 2 aromatic rings. The number of imidazole rings is 1. The number of benzene rings is 1.